The van der Waals surface area contributed by atoms with Gasteiger partial charge in [0.25, 0.3) is 0 Å². The number of nitrogens with two attached hydrogens (primary N) is 1. The van der Waals surface area contributed by atoms with Gasteiger partial charge in [-0.25, -0.2) is 4.79 Å². The van der Waals surface area contributed by atoms with Crippen LogP contribution in [0, 0.1) is 0 Å². The van der Waals surface area contributed by atoms with Crippen molar-refractivity contribution in [3.05, 3.63) is 60.3 Å². The molecule has 1 aromatic heterocycles. The van der Waals surface area contributed by atoms with Crippen LogP contribution >= 0.6 is 12.4 Å². The lowest BCUT2D eigenvalue weighted by molar-refractivity contribution is 0.0699. The molecule has 6 nitrogen and oxygen atoms in total. The first-order valence-electron chi connectivity index (χ1n) is 6.55. The summed E-state index contributed by atoms with van der Waals surface area (Å²) in [5, 5.41) is 9.51. The average Bonchev–Trinajstić information content (AvgIpc) is 3.00. The highest BCUT2D eigenvalue weighted by Crippen LogP contribution is 2.17. The Hall–Kier alpha value is -2.70. The number of ether oxygens (including phenoxy) is 1. The minimum Gasteiger partial charge on any atom is -0.497 e. The second-order valence-corrected chi connectivity index (χ2v) is 4.43. The van der Waals surface area contributed by atoms with Gasteiger partial charge in [0, 0.05) is 22.8 Å². The number of fused-ring (bicyclic) bond motifs is 1. The Morgan fingerprint density at radius 3 is 2.39 bits per heavy atom. The van der Waals surface area contributed by atoms with E-state index in [0.717, 1.165) is 22.3 Å². The molecule has 23 heavy (non-hydrogen) atoms. The summed E-state index contributed by atoms with van der Waals surface area (Å²) in [5.41, 5.74) is 4.58. The molecule has 0 fully saturated rings. The zero-order chi connectivity index (χ0) is 15.9. The summed E-state index contributed by atoms with van der Waals surface area (Å²) in [6, 6.07) is 14.7. The van der Waals surface area contributed by atoms with E-state index in [1.165, 1.54) is 6.20 Å². The van der Waals surface area contributed by atoms with Crippen LogP contribution in [0.3, 0.4) is 0 Å². The molecule has 0 aliphatic rings. The molecule has 122 valence electrons. The maximum Gasteiger partial charge on any atom is 0.337 e. The molecular formula is C16H18ClN3O3. The Balaban J connectivity index is 0.000000224. The molecule has 0 saturated carbocycles. The van der Waals surface area contributed by atoms with Crippen LogP contribution in [0.2, 0.25) is 0 Å². The molecule has 7 heteroatoms. The third kappa shape index (κ3) is 4.64. The number of aromatic amines is 1. The Bertz CT molecular complexity index is 734. The zero-order valence-corrected chi connectivity index (χ0v) is 13.3. The summed E-state index contributed by atoms with van der Waals surface area (Å²) in [6.07, 6.45) is 1.51. The lowest BCUT2D eigenvalue weighted by Gasteiger charge is -2.00. The first kappa shape index (κ1) is 18.3. The highest BCUT2D eigenvalue weighted by atomic mass is 35.5. The van der Waals surface area contributed by atoms with Gasteiger partial charge in [-0.05, 0) is 30.3 Å². The molecule has 0 unspecified atom stereocenters. The molecule has 0 amide bonds. The fraction of sp³-hybridized carbons (Fsp3) is 0.0625. The number of carboxylic acids is 1. The Morgan fingerprint density at radius 2 is 1.83 bits per heavy atom. The van der Waals surface area contributed by atoms with E-state index in [4.69, 9.17) is 15.7 Å². The van der Waals surface area contributed by atoms with Gasteiger partial charge in [-0.1, -0.05) is 18.2 Å². The molecule has 0 bridgehead atoms. The lowest BCUT2D eigenvalue weighted by atomic mass is 10.2. The van der Waals surface area contributed by atoms with E-state index in [-0.39, 0.29) is 12.4 Å². The van der Waals surface area contributed by atoms with E-state index < -0.39 is 5.97 Å². The molecule has 0 radical (unpaired) electrons. The van der Waals surface area contributed by atoms with Crippen LogP contribution in [-0.2, 0) is 0 Å². The Labute approximate surface area is 139 Å². The van der Waals surface area contributed by atoms with Gasteiger partial charge in [0.1, 0.15) is 5.75 Å². The molecule has 0 aliphatic carbocycles. The van der Waals surface area contributed by atoms with Crippen LogP contribution < -0.4 is 16.0 Å². The second kappa shape index (κ2) is 8.67. The average molecular weight is 336 g/mol. The highest BCUT2D eigenvalue weighted by molar-refractivity contribution is 6.03. The summed E-state index contributed by atoms with van der Waals surface area (Å²) in [5.74, 6) is 5.09. The summed E-state index contributed by atoms with van der Waals surface area (Å²) >= 11 is 0. The fourth-order valence-electron chi connectivity index (χ4n) is 1.94. The number of benzene rings is 2. The van der Waals surface area contributed by atoms with Crippen molar-refractivity contribution >= 4 is 35.0 Å². The number of aromatic carboxylic acids is 1. The van der Waals surface area contributed by atoms with Gasteiger partial charge in [0.15, 0.2) is 0 Å². The van der Waals surface area contributed by atoms with Crippen molar-refractivity contribution < 1.29 is 14.6 Å². The Morgan fingerprint density at radius 1 is 1.17 bits per heavy atom. The molecule has 0 aliphatic heterocycles. The number of anilines is 1. The van der Waals surface area contributed by atoms with Gasteiger partial charge >= 0.3 is 5.97 Å². The summed E-state index contributed by atoms with van der Waals surface area (Å²) in [6.45, 7) is 0. The monoisotopic (exact) mass is 335 g/mol. The first-order valence-corrected chi connectivity index (χ1v) is 6.55. The number of nitrogens with one attached hydrogen (secondary N) is 2. The number of hydrogen-bond donors (Lipinski definition) is 4. The number of methoxy groups -OCH3 is 1. The molecule has 0 spiro atoms. The van der Waals surface area contributed by atoms with Crippen molar-refractivity contribution in [2.45, 2.75) is 0 Å². The lowest BCUT2D eigenvalue weighted by Crippen LogP contribution is -2.05. The van der Waals surface area contributed by atoms with Crippen molar-refractivity contribution in [3.63, 3.8) is 0 Å². The number of hydrazine groups is 1. The number of hydrogen-bond acceptors (Lipinski definition) is 4. The van der Waals surface area contributed by atoms with Gasteiger partial charge in [0.05, 0.1) is 12.7 Å². The SMILES string of the molecule is COc1ccc(NN)cc1.Cl.O=C(O)c1c[nH]c2ccccc12. The van der Waals surface area contributed by atoms with Crippen LogP contribution in [0.15, 0.2) is 54.7 Å². The van der Waals surface area contributed by atoms with Crippen LogP contribution in [-0.4, -0.2) is 23.2 Å². The fourth-order valence-corrected chi connectivity index (χ4v) is 1.94. The number of para-hydroxylation sites is 1. The third-order valence-electron chi connectivity index (χ3n) is 3.08. The third-order valence-corrected chi connectivity index (χ3v) is 3.08. The number of rotatable bonds is 3. The van der Waals surface area contributed by atoms with E-state index in [1.807, 2.05) is 42.5 Å². The molecule has 0 atom stereocenters. The number of nitrogen functional groups attached to an aromatic ring is 1. The highest BCUT2D eigenvalue weighted by Gasteiger charge is 2.08. The van der Waals surface area contributed by atoms with Crippen molar-refractivity contribution in [3.8, 4) is 5.75 Å². The molecule has 0 saturated heterocycles. The second-order valence-electron chi connectivity index (χ2n) is 4.43. The minimum absolute atomic E-state index is 0. The number of carboxylic acid groups (broad SMARTS) is 1. The van der Waals surface area contributed by atoms with Gasteiger partial charge in [-0.15, -0.1) is 12.4 Å². The topological polar surface area (TPSA) is 100 Å². The van der Waals surface area contributed by atoms with Gasteiger partial charge in [-0.3, -0.25) is 5.84 Å². The van der Waals surface area contributed by atoms with E-state index in [0.29, 0.717) is 5.56 Å². The van der Waals surface area contributed by atoms with Crippen LogP contribution in [0.4, 0.5) is 5.69 Å². The molecule has 5 N–H and O–H groups in total. The van der Waals surface area contributed by atoms with Gasteiger partial charge < -0.3 is 20.3 Å². The number of carbonyl (C=O) groups is 1. The Kier molecular flexibility index (Phi) is 6.92. The summed E-state index contributed by atoms with van der Waals surface area (Å²) < 4.78 is 4.95. The van der Waals surface area contributed by atoms with Crippen LogP contribution in [0.25, 0.3) is 10.9 Å². The normalized spacial score (nSPS) is 9.30. The molecule has 3 rings (SSSR count). The van der Waals surface area contributed by atoms with Crippen LogP contribution in [0.1, 0.15) is 10.4 Å². The smallest absolute Gasteiger partial charge is 0.337 e. The predicted octanol–water partition coefficient (Wildman–Crippen LogP) is 3.27. The largest absolute Gasteiger partial charge is 0.497 e. The van der Waals surface area contributed by atoms with Crippen molar-refractivity contribution in [1.29, 1.82) is 0 Å². The maximum atomic E-state index is 10.7. The van der Waals surface area contributed by atoms with Crippen LogP contribution in [0.5, 0.6) is 5.75 Å². The minimum atomic E-state index is -0.896. The van der Waals surface area contributed by atoms with Crippen molar-refractivity contribution in [2.24, 2.45) is 5.84 Å². The summed E-state index contributed by atoms with van der Waals surface area (Å²) in [7, 11) is 1.63. The number of H-pyrrole nitrogens is 1. The van der Waals surface area contributed by atoms with E-state index >= 15 is 0 Å². The van der Waals surface area contributed by atoms with E-state index in [2.05, 4.69) is 10.4 Å². The molecular weight excluding hydrogens is 318 g/mol. The quantitative estimate of drug-likeness (QED) is 0.435. The molecule has 2 aromatic carbocycles. The molecule has 3 aromatic rings. The standard InChI is InChI=1S/C9H7NO2.C7H10N2O.ClH/c11-9(12)7-5-10-8-4-2-1-3-6(7)8;1-10-7-4-2-6(9-8)3-5-7;/h1-5,10H,(H,11,12);2-5,9H,8H2,1H3;1H. The summed E-state index contributed by atoms with van der Waals surface area (Å²) in [4.78, 5) is 13.5. The van der Waals surface area contributed by atoms with E-state index in [1.54, 1.807) is 13.2 Å². The number of halogens is 1. The van der Waals surface area contributed by atoms with Crippen molar-refractivity contribution in [1.82, 2.24) is 4.98 Å². The molecule has 1 heterocycles. The van der Waals surface area contributed by atoms with Gasteiger partial charge in [0.2, 0.25) is 0 Å². The predicted molar refractivity (Wildman–Crippen MR) is 93.3 cm³/mol. The number of aromatic nitrogens is 1. The van der Waals surface area contributed by atoms with Crippen molar-refractivity contribution in [2.75, 3.05) is 12.5 Å². The zero-order valence-electron chi connectivity index (χ0n) is 12.4. The van der Waals surface area contributed by atoms with E-state index in [9.17, 15) is 4.79 Å². The maximum absolute atomic E-state index is 10.7. The first-order chi connectivity index (χ1) is 10.7. The van der Waals surface area contributed by atoms with Gasteiger partial charge in [-0.2, -0.15) is 0 Å².